The maximum atomic E-state index is 5.21. The van der Waals surface area contributed by atoms with Crippen LogP contribution in [0, 0.1) is 0 Å². The van der Waals surface area contributed by atoms with Gasteiger partial charge in [-0.25, -0.2) is 0 Å². The number of hydrogen-bond donors (Lipinski definition) is 1. The molecule has 19 heavy (non-hydrogen) atoms. The Hall–Kier alpha value is -1.06. The highest BCUT2D eigenvalue weighted by molar-refractivity contribution is 5.29. The Morgan fingerprint density at radius 1 is 1.21 bits per heavy atom. The van der Waals surface area contributed by atoms with Crippen LogP contribution in [-0.4, -0.2) is 38.7 Å². The molecule has 0 aliphatic carbocycles. The van der Waals surface area contributed by atoms with Crippen LogP contribution in [0.15, 0.2) is 24.3 Å². The van der Waals surface area contributed by atoms with E-state index in [1.165, 1.54) is 18.4 Å². The second-order valence-electron chi connectivity index (χ2n) is 5.00. The molecule has 0 aliphatic heterocycles. The highest BCUT2D eigenvalue weighted by Crippen LogP contribution is 2.18. The van der Waals surface area contributed by atoms with Gasteiger partial charge in [0.25, 0.3) is 0 Å². The largest absolute Gasteiger partial charge is 0.497 e. The SMILES string of the molecule is CCCCN(C)CC(NCC)c1ccc(OC)cc1. The van der Waals surface area contributed by atoms with Crippen LogP contribution in [0.1, 0.15) is 38.3 Å². The van der Waals surface area contributed by atoms with Gasteiger partial charge in [0.2, 0.25) is 0 Å². The Balaban J connectivity index is 2.64. The van der Waals surface area contributed by atoms with E-state index >= 15 is 0 Å². The average molecular weight is 264 g/mol. The first-order chi connectivity index (χ1) is 9.21. The van der Waals surface area contributed by atoms with Gasteiger partial charge in [0, 0.05) is 12.6 Å². The standard InChI is InChI=1S/C16H28N2O/c1-5-7-12-18(3)13-16(17-6-2)14-8-10-15(19-4)11-9-14/h8-11,16-17H,5-7,12-13H2,1-4H3. The molecule has 0 amide bonds. The Labute approximate surface area is 118 Å². The number of benzene rings is 1. The van der Waals surface area contributed by atoms with E-state index in [-0.39, 0.29) is 0 Å². The van der Waals surface area contributed by atoms with Crippen molar-refractivity contribution in [2.75, 3.05) is 33.8 Å². The van der Waals surface area contributed by atoms with E-state index < -0.39 is 0 Å². The fourth-order valence-corrected chi connectivity index (χ4v) is 2.20. The van der Waals surface area contributed by atoms with E-state index in [1.807, 2.05) is 12.1 Å². The topological polar surface area (TPSA) is 24.5 Å². The molecule has 0 spiro atoms. The normalized spacial score (nSPS) is 12.7. The van der Waals surface area contributed by atoms with Crippen LogP contribution in [0.2, 0.25) is 0 Å². The molecule has 0 fully saturated rings. The van der Waals surface area contributed by atoms with E-state index in [0.717, 1.165) is 25.4 Å². The van der Waals surface area contributed by atoms with Gasteiger partial charge in [0.05, 0.1) is 7.11 Å². The van der Waals surface area contributed by atoms with Gasteiger partial charge in [-0.3, -0.25) is 0 Å². The zero-order valence-corrected chi connectivity index (χ0v) is 12.8. The second kappa shape index (κ2) is 8.94. The lowest BCUT2D eigenvalue weighted by Crippen LogP contribution is -2.33. The third-order valence-corrected chi connectivity index (χ3v) is 3.36. The minimum atomic E-state index is 0.387. The lowest BCUT2D eigenvalue weighted by atomic mass is 10.1. The number of methoxy groups -OCH3 is 1. The summed E-state index contributed by atoms with van der Waals surface area (Å²) in [5.74, 6) is 0.915. The second-order valence-corrected chi connectivity index (χ2v) is 5.00. The number of likely N-dealkylation sites (N-methyl/N-ethyl adjacent to an activating group) is 2. The van der Waals surface area contributed by atoms with Crippen molar-refractivity contribution < 1.29 is 4.74 Å². The summed E-state index contributed by atoms with van der Waals surface area (Å²) in [4.78, 5) is 2.40. The molecule has 0 heterocycles. The maximum absolute atomic E-state index is 5.21. The quantitative estimate of drug-likeness (QED) is 0.742. The number of hydrogen-bond acceptors (Lipinski definition) is 3. The molecular formula is C16H28N2O. The van der Waals surface area contributed by atoms with Crippen LogP contribution in [0.5, 0.6) is 5.75 Å². The summed E-state index contributed by atoms with van der Waals surface area (Å²) in [5, 5.41) is 3.56. The summed E-state index contributed by atoms with van der Waals surface area (Å²) in [6.07, 6.45) is 2.51. The van der Waals surface area contributed by atoms with E-state index in [4.69, 9.17) is 4.74 Å². The molecule has 0 saturated carbocycles. The zero-order chi connectivity index (χ0) is 14.1. The first-order valence-corrected chi connectivity index (χ1v) is 7.27. The van der Waals surface area contributed by atoms with Crippen molar-refractivity contribution >= 4 is 0 Å². The van der Waals surface area contributed by atoms with Crippen LogP contribution in [0.4, 0.5) is 0 Å². The highest BCUT2D eigenvalue weighted by Gasteiger charge is 2.12. The van der Waals surface area contributed by atoms with E-state index in [0.29, 0.717) is 6.04 Å². The molecule has 0 saturated heterocycles. The third-order valence-electron chi connectivity index (χ3n) is 3.36. The van der Waals surface area contributed by atoms with Crippen LogP contribution < -0.4 is 10.1 Å². The molecule has 3 heteroatoms. The highest BCUT2D eigenvalue weighted by atomic mass is 16.5. The number of nitrogens with one attached hydrogen (secondary N) is 1. The number of ether oxygens (including phenoxy) is 1. The van der Waals surface area contributed by atoms with Crippen molar-refractivity contribution in [2.24, 2.45) is 0 Å². The van der Waals surface area contributed by atoms with Crippen molar-refractivity contribution in [1.29, 1.82) is 0 Å². The Bertz CT molecular complexity index is 337. The lowest BCUT2D eigenvalue weighted by molar-refractivity contribution is 0.288. The van der Waals surface area contributed by atoms with Crippen LogP contribution in [-0.2, 0) is 0 Å². The van der Waals surface area contributed by atoms with Crippen molar-refractivity contribution in [1.82, 2.24) is 10.2 Å². The van der Waals surface area contributed by atoms with Gasteiger partial charge in [0.15, 0.2) is 0 Å². The molecule has 1 unspecified atom stereocenters. The average Bonchev–Trinajstić information content (AvgIpc) is 2.45. The van der Waals surface area contributed by atoms with Gasteiger partial charge < -0.3 is 15.0 Å². The van der Waals surface area contributed by atoms with Gasteiger partial charge in [-0.2, -0.15) is 0 Å². The summed E-state index contributed by atoms with van der Waals surface area (Å²) in [6, 6.07) is 8.76. The molecule has 0 radical (unpaired) electrons. The predicted molar refractivity (Wildman–Crippen MR) is 81.8 cm³/mol. The van der Waals surface area contributed by atoms with Crippen LogP contribution in [0.25, 0.3) is 0 Å². The molecule has 1 aromatic rings. The van der Waals surface area contributed by atoms with Gasteiger partial charge in [-0.15, -0.1) is 0 Å². The van der Waals surface area contributed by atoms with E-state index in [9.17, 15) is 0 Å². The van der Waals surface area contributed by atoms with E-state index in [2.05, 4.69) is 43.2 Å². The Kier molecular flexibility index (Phi) is 7.53. The molecular weight excluding hydrogens is 236 g/mol. The third kappa shape index (κ3) is 5.62. The molecule has 3 nitrogen and oxygen atoms in total. The van der Waals surface area contributed by atoms with Gasteiger partial charge in [0.1, 0.15) is 5.75 Å². The molecule has 0 aromatic heterocycles. The van der Waals surface area contributed by atoms with Crippen molar-refractivity contribution in [3.8, 4) is 5.75 Å². The monoisotopic (exact) mass is 264 g/mol. The molecule has 0 aliphatic rings. The molecule has 1 rings (SSSR count). The summed E-state index contributed by atoms with van der Waals surface area (Å²) in [5.41, 5.74) is 1.32. The molecule has 108 valence electrons. The number of nitrogens with zero attached hydrogens (tertiary/aromatic N) is 1. The summed E-state index contributed by atoms with van der Waals surface area (Å²) >= 11 is 0. The van der Waals surface area contributed by atoms with Crippen LogP contribution in [0.3, 0.4) is 0 Å². The first-order valence-electron chi connectivity index (χ1n) is 7.27. The van der Waals surface area contributed by atoms with E-state index in [1.54, 1.807) is 7.11 Å². The van der Waals surface area contributed by atoms with Crippen molar-refractivity contribution in [3.63, 3.8) is 0 Å². The molecule has 1 atom stereocenters. The molecule has 0 bridgehead atoms. The predicted octanol–water partition coefficient (Wildman–Crippen LogP) is 3.08. The Morgan fingerprint density at radius 3 is 2.42 bits per heavy atom. The summed E-state index contributed by atoms with van der Waals surface area (Å²) in [7, 11) is 3.90. The molecule has 1 N–H and O–H groups in total. The van der Waals surface area contributed by atoms with Crippen LogP contribution >= 0.6 is 0 Å². The fraction of sp³-hybridized carbons (Fsp3) is 0.625. The summed E-state index contributed by atoms with van der Waals surface area (Å²) in [6.45, 7) is 7.58. The molecule has 1 aromatic carbocycles. The van der Waals surface area contributed by atoms with Crippen molar-refractivity contribution in [2.45, 2.75) is 32.7 Å². The number of unbranched alkanes of at least 4 members (excludes halogenated alkanes) is 1. The minimum Gasteiger partial charge on any atom is -0.497 e. The fourth-order valence-electron chi connectivity index (χ4n) is 2.20. The maximum Gasteiger partial charge on any atom is 0.118 e. The first kappa shape index (κ1) is 16.0. The van der Waals surface area contributed by atoms with Gasteiger partial charge in [-0.1, -0.05) is 32.4 Å². The van der Waals surface area contributed by atoms with Gasteiger partial charge >= 0.3 is 0 Å². The Morgan fingerprint density at radius 2 is 1.89 bits per heavy atom. The summed E-state index contributed by atoms with van der Waals surface area (Å²) < 4.78 is 5.21. The lowest BCUT2D eigenvalue weighted by Gasteiger charge is -2.25. The minimum absolute atomic E-state index is 0.387. The number of rotatable bonds is 9. The smallest absolute Gasteiger partial charge is 0.118 e. The zero-order valence-electron chi connectivity index (χ0n) is 12.8. The van der Waals surface area contributed by atoms with Crippen molar-refractivity contribution in [3.05, 3.63) is 29.8 Å². The van der Waals surface area contributed by atoms with Gasteiger partial charge in [-0.05, 0) is 44.3 Å².